The maximum absolute atomic E-state index is 13.6. The van der Waals surface area contributed by atoms with Crippen LogP contribution in [0.3, 0.4) is 0 Å². The van der Waals surface area contributed by atoms with Gasteiger partial charge in [-0.2, -0.15) is 5.26 Å². The van der Waals surface area contributed by atoms with Crippen molar-refractivity contribution in [2.45, 2.75) is 6.92 Å². The van der Waals surface area contributed by atoms with Crippen LogP contribution >= 0.6 is 0 Å². The summed E-state index contributed by atoms with van der Waals surface area (Å²) in [5.74, 6) is -0.765. The summed E-state index contributed by atoms with van der Waals surface area (Å²) in [7, 11) is 0. The Kier molecular flexibility index (Phi) is 2.84. The molecule has 86 valence electrons. The molecule has 4 heteroatoms. The number of halogens is 1. The van der Waals surface area contributed by atoms with Crippen LogP contribution in [0, 0.1) is 17.1 Å². The van der Waals surface area contributed by atoms with E-state index in [9.17, 15) is 9.50 Å². The average molecular weight is 231 g/mol. The summed E-state index contributed by atoms with van der Waals surface area (Å²) in [6.07, 6.45) is 1.43. The number of ether oxygens (including phenoxy) is 1. The maximum Gasteiger partial charge on any atom is 0.284 e. The van der Waals surface area contributed by atoms with Gasteiger partial charge in [0.1, 0.15) is 5.82 Å². The fraction of sp³-hybridized carbons (Fsp3) is 0.154. The number of aliphatic hydroxyl groups is 1. The highest BCUT2D eigenvalue weighted by atomic mass is 19.1. The molecule has 1 N–H and O–H groups in total. The van der Waals surface area contributed by atoms with Crippen LogP contribution < -0.4 is 0 Å². The van der Waals surface area contributed by atoms with E-state index >= 15 is 0 Å². The van der Waals surface area contributed by atoms with Crippen molar-refractivity contribution >= 4 is 11.1 Å². The number of nitriles is 1. The van der Waals surface area contributed by atoms with Gasteiger partial charge in [-0.1, -0.05) is 12.1 Å². The van der Waals surface area contributed by atoms with Crippen LogP contribution in [0.25, 0.3) is 11.1 Å². The van der Waals surface area contributed by atoms with Crippen molar-refractivity contribution in [3.05, 3.63) is 47.2 Å². The number of aliphatic hydroxyl groups excluding tert-OH is 1. The van der Waals surface area contributed by atoms with Crippen molar-refractivity contribution in [3.63, 3.8) is 0 Å². The lowest BCUT2D eigenvalue weighted by Crippen LogP contribution is -1.95. The minimum Gasteiger partial charge on any atom is -0.481 e. The zero-order chi connectivity index (χ0) is 12.4. The summed E-state index contributed by atoms with van der Waals surface area (Å²) < 4.78 is 18.6. The van der Waals surface area contributed by atoms with Crippen LogP contribution in [0.2, 0.25) is 0 Å². The second-order valence-electron chi connectivity index (χ2n) is 3.48. The first-order chi connectivity index (χ1) is 8.19. The fourth-order valence-electron chi connectivity index (χ4n) is 1.80. The normalized spacial score (nSPS) is 15.9. The number of hydrogen-bond acceptors (Lipinski definition) is 3. The lowest BCUT2D eigenvalue weighted by Gasteiger charge is -2.06. The highest BCUT2D eigenvalue weighted by Crippen LogP contribution is 2.37. The topological polar surface area (TPSA) is 53.2 Å². The van der Waals surface area contributed by atoms with E-state index in [-0.39, 0.29) is 17.1 Å². The predicted octanol–water partition coefficient (Wildman–Crippen LogP) is 3.01. The standard InChI is InChI=1S/C13H10FNO2/c1-2-17-13(16)10-6-8(7-15)12-9(10)4-3-5-11(12)14/h3-6,16H,2H2,1H3/b13-10+. The van der Waals surface area contributed by atoms with Gasteiger partial charge in [0.05, 0.1) is 23.8 Å². The van der Waals surface area contributed by atoms with E-state index in [1.165, 1.54) is 18.2 Å². The molecule has 1 aliphatic carbocycles. The van der Waals surface area contributed by atoms with Crippen LogP contribution in [0.4, 0.5) is 4.39 Å². The van der Waals surface area contributed by atoms with E-state index in [1.807, 2.05) is 6.07 Å². The molecule has 0 fully saturated rings. The first kappa shape index (κ1) is 11.2. The molecule has 0 saturated heterocycles. The highest BCUT2D eigenvalue weighted by Gasteiger charge is 2.25. The van der Waals surface area contributed by atoms with Gasteiger partial charge >= 0.3 is 0 Å². The summed E-state index contributed by atoms with van der Waals surface area (Å²) in [4.78, 5) is 0. The highest BCUT2D eigenvalue weighted by molar-refractivity contribution is 6.00. The van der Waals surface area contributed by atoms with Crippen LogP contribution in [-0.4, -0.2) is 11.7 Å². The number of allylic oxidation sites excluding steroid dienone is 3. The molecule has 0 heterocycles. The monoisotopic (exact) mass is 231 g/mol. The van der Waals surface area contributed by atoms with Gasteiger partial charge in [0.15, 0.2) is 0 Å². The fourth-order valence-corrected chi connectivity index (χ4v) is 1.80. The van der Waals surface area contributed by atoms with E-state index in [2.05, 4.69) is 0 Å². The smallest absolute Gasteiger partial charge is 0.284 e. The molecule has 0 unspecified atom stereocenters. The molecular weight excluding hydrogens is 221 g/mol. The number of nitrogens with zero attached hydrogens (tertiary/aromatic N) is 1. The van der Waals surface area contributed by atoms with E-state index < -0.39 is 5.82 Å². The third-order valence-corrected chi connectivity index (χ3v) is 2.49. The largest absolute Gasteiger partial charge is 0.481 e. The van der Waals surface area contributed by atoms with Crippen molar-refractivity contribution in [1.29, 1.82) is 5.26 Å². The molecule has 0 atom stereocenters. The minimum atomic E-state index is -0.477. The van der Waals surface area contributed by atoms with Crippen LogP contribution in [0.1, 0.15) is 18.1 Å². The SMILES string of the molecule is CCO/C(O)=C1\C=C(C#N)c2c(F)cccc21. The van der Waals surface area contributed by atoms with Gasteiger partial charge in [-0.15, -0.1) is 0 Å². The lowest BCUT2D eigenvalue weighted by atomic mass is 10.0. The van der Waals surface area contributed by atoms with E-state index in [0.29, 0.717) is 17.7 Å². The van der Waals surface area contributed by atoms with Gasteiger partial charge < -0.3 is 9.84 Å². The summed E-state index contributed by atoms with van der Waals surface area (Å²) in [5, 5.41) is 18.6. The van der Waals surface area contributed by atoms with Crippen molar-refractivity contribution in [2.24, 2.45) is 0 Å². The van der Waals surface area contributed by atoms with E-state index in [1.54, 1.807) is 13.0 Å². The molecule has 0 radical (unpaired) electrons. The zero-order valence-electron chi connectivity index (χ0n) is 9.20. The van der Waals surface area contributed by atoms with Crippen molar-refractivity contribution < 1.29 is 14.2 Å². The summed E-state index contributed by atoms with van der Waals surface area (Å²) in [6.45, 7) is 2.03. The van der Waals surface area contributed by atoms with Gasteiger partial charge in [-0.05, 0) is 19.1 Å². The number of benzene rings is 1. The Hall–Kier alpha value is -2.28. The molecule has 17 heavy (non-hydrogen) atoms. The second-order valence-corrected chi connectivity index (χ2v) is 3.48. The maximum atomic E-state index is 13.6. The molecule has 3 nitrogen and oxygen atoms in total. The minimum absolute atomic E-state index is 0.194. The third-order valence-electron chi connectivity index (χ3n) is 2.49. The quantitative estimate of drug-likeness (QED) is 0.796. The van der Waals surface area contributed by atoms with Crippen molar-refractivity contribution in [3.8, 4) is 6.07 Å². The van der Waals surface area contributed by atoms with Gasteiger partial charge in [-0.25, -0.2) is 4.39 Å². The van der Waals surface area contributed by atoms with E-state index in [4.69, 9.17) is 10.00 Å². The molecule has 0 bridgehead atoms. The van der Waals surface area contributed by atoms with Crippen LogP contribution in [0.5, 0.6) is 0 Å². The van der Waals surface area contributed by atoms with Gasteiger partial charge in [-0.3, -0.25) is 0 Å². The molecule has 1 aromatic carbocycles. The van der Waals surface area contributed by atoms with Crippen molar-refractivity contribution in [1.82, 2.24) is 0 Å². The van der Waals surface area contributed by atoms with Crippen LogP contribution in [-0.2, 0) is 4.74 Å². The molecule has 0 amide bonds. The number of fused-ring (bicyclic) bond motifs is 1. The predicted molar refractivity (Wildman–Crippen MR) is 61.2 cm³/mol. The Bertz CT molecular complexity index is 567. The third kappa shape index (κ3) is 1.76. The summed E-state index contributed by atoms with van der Waals surface area (Å²) in [5.41, 5.74) is 1.24. The van der Waals surface area contributed by atoms with Gasteiger partial charge in [0, 0.05) is 11.1 Å². The molecule has 0 aliphatic heterocycles. The molecule has 1 aliphatic rings. The Balaban J connectivity index is 2.65. The average Bonchev–Trinajstić information content (AvgIpc) is 2.69. The Morgan fingerprint density at radius 3 is 2.94 bits per heavy atom. The molecule has 0 saturated carbocycles. The van der Waals surface area contributed by atoms with Gasteiger partial charge in [0.2, 0.25) is 0 Å². The molecule has 0 aromatic heterocycles. The Morgan fingerprint density at radius 1 is 1.53 bits per heavy atom. The Morgan fingerprint density at radius 2 is 2.29 bits per heavy atom. The molecule has 1 aromatic rings. The van der Waals surface area contributed by atoms with E-state index in [0.717, 1.165) is 0 Å². The lowest BCUT2D eigenvalue weighted by molar-refractivity contribution is 0.105. The second kappa shape index (κ2) is 4.30. The van der Waals surface area contributed by atoms with Gasteiger partial charge in [0.25, 0.3) is 5.95 Å². The molecular formula is C13H10FNO2. The summed E-state index contributed by atoms with van der Waals surface area (Å²) >= 11 is 0. The first-order valence-corrected chi connectivity index (χ1v) is 5.16. The summed E-state index contributed by atoms with van der Waals surface area (Å²) in [6, 6.07) is 6.36. The number of hydrogen-bond donors (Lipinski definition) is 1. The number of rotatable bonds is 2. The first-order valence-electron chi connectivity index (χ1n) is 5.16. The molecule has 0 spiro atoms. The van der Waals surface area contributed by atoms with Crippen molar-refractivity contribution in [2.75, 3.05) is 6.61 Å². The van der Waals surface area contributed by atoms with Crippen LogP contribution in [0.15, 0.2) is 30.2 Å². The zero-order valence-corrected chi connectivity index (χ0v) is 9.20. The Labute approximate surface area is 98.1 Å². The molecule has 2 rings (SSSR count).